The van der Waals surface area contributed by atoms with Crippen molar-refractivity contribution in [1.82, 2.24) is 4.90 Å². The Kier molecular flexibility index (Phi) is 6.57. The van der Waals surface area contributed by atoms with E-state index in [0.29, 0.717) is 44.5 Å². The molecule has 2 aromatic rings. The van der Waals surface area contributed by atoms with Gasteiger partial charge in [0.25, 0.3) is 0 Å². The number of nitrogens with one attached hydrogen (secondary N) is 1. The molecule has 1 saturated heterocycles. The fraction of sp³-hybridized carbons (Fsp3) is 0.364. The first kappa shape index (κ1) is 20.2. The van der Waals surface area contributed by atoms with Crippen molar-refractivity contribution in [1.29, 1.82) is 0 Å². The zero-order valence-corrected chi connectivity index (χ0v) is 16.7. The number of phenolic OH excluding ortho intramolecular Hbond substituents is 1. The molecule has 5 nitrogen and oxygen atoms in total. The van der Waals surface area contributed by atoms with E-state index < -0.39 is 0 Å². The van der Waals surface area contributed by atoms with E-state index in [1.165, 1.54) is 6.07 Å². The van der Waals surface area contributed by atoms with Gasteiger partial charge in [0.1, 0.15) is 5.75 Å². The van der Waals surface area contributed by atoms with Gasteiger partial charge in [0.05, 0.1) is 5.69 Å². The molecule has 0 saturated carbocycles. The number of carbonyl (C=O) groups excluding carboxylic acids is 2. The molecule has 0 radical (unpaired) electrons. The minimum atomic E-state index is -0.153. The normalized spacial score (nSPS) is 14.7. The SMILES string of the molecule is Cc1ccc(CCC(=O)N2CCC(C(=O)Nc3ccccc3O)CC2)cc1Cl. The highest BCUT2D eigenvalue weighted by Crippen LogP contribution is 2.25. The number of hydrogen-bond acceptors (Lipinski definition) is 3. The highest BCUT2D eigenvalue weighted by atomic mass is 35.5. The minimum Gasteiger partial charge on any atom is -0.506 e. The quantitative estimate of drug-likeness (QED) is 0.740. The number of likely N-dealkylation sites (tertiary alicyclic amines) is 1. The van der Waals surface area contributed by atoms with E-state index in [0.717, 1.165) is 16.1 Å². The summed E-state index contributed by atoms with van der Waals surface area (Å²) in [5.74, 6) is -0.0987. The Labute approximate surface area is 170 Å². The number of anilines is 1. The topological polar surface area (TPSA) is 69.6 Å². The molecule has 0 unspecified atom stereocenters. The second-order valence-corrected chi connectivity index (χ2v) is 7.65. The highest BCUT2D eigenvalue weighted by Gasteiger charge is 2.27. The van der Waals surface area contributed by atoms with Gasteiger partial charge < -0.3 is 15.3 Å². The first-order chi connectivity index (χ1) is 13.4. The molecular weight excluding hydrogens is 376 g/mol. The van der Waals surface area contributed by atoms with Crippen LogP contribution in [-0.4, -0.2) is 34.9 Å². The molecule has 2 aromatic carbocycles. The first-order valence-electron chi connectivity index (χ1n) is 9.55. The van der Waals surface area contributed by atoms with Crippen LogP contribution in [0.5, 0.6) is 5.75 Å². The number of hydrogen-bond donors (Lipinski definition) is 2. The van der Waals surface area contributed by atoms with Gasteiger partial charge in [-0.25, -0.2) is 0 Å². The number of para-hydroxylation sites is 2. The van der Waals surface area contributed by atoms with E-state index in [1.54, 1.807) is 18.2 Å². The molecule has 28 heavy (non-hydrogen) atoms. The van der Waals surface area contributed by atoms with Crippen LogP contribution in [0.4, 0.5) is 5.69 Å². The van der Waals surface area contributed by atoms with Crippen LogP contribution in [0.3, 0.4) is 0 Å². The lowest BCUT2D eigenvalue weighted by atomic mass is 9.95. The van der Waals surface area contributed by atoms with Gasteiger partial charge in [-0.3, -0.25) is 9.59 Å². The van der Waals surface area contributed by atoms with Gasteiger partial charge in [0.2, 0.25) is 11.8 Å². The van der Waals surface area contributed by atoms with Crippen molar-refractivity contribution >= 4 is 29.1 Å². The van der Waals surface area contributed by atoms with Crippen molar-refractivity contribution in [3.63, 3.8) is 0 Å². The molecule has 6 heteroatoms. The third-order valence-electron chi connectivity index (χ3n) is 5.24. The molecule has 1 aliphatic rings. The molecule has 0 bridgehead atoms. The van der Waals surface area contributed by atoms with Crippen molar-refractivity contribution in [3.05, 3.63) is 58.6 Å². The van der Waals surface area contributed by atoms with E-state index in [1.807, 2.05) is 30.0 Å². The second kappa shape index (κ2) is 9.11. The van der Waals surface area contributed by atoms with Crippen LogP contribution in [0.25, 0.3) is 0 Å². The number of nitrogens with zero attached hydrogens (tertiary/aromatic N) is 1. The van der Waals surface area contributed by atoms with E-state index in [2.05, 4.69) is 5.32 Å². The van der Waals surface area contributed by atoms with Crippen LogP contribution in [0, 0.1) is 12.8 Å². The largest absolute Gasteiger partial charge is 0.506 e. The summed E-state index contributed by atoms with van der Waals surface area (Å²) >= 11 is 6.14. The van der Waals surface area contributed by atoms with E-state index >= 15 is 0 Å². The first-order valence-corrected chi connectivity index (χ1v) is 9.93. The van der Waals surface area contributed by atoms with E-state index in [9.17, 15) is 14.7 Å². The van der Waals surface area contributed by atoms with Gasteiger partial charge in [0.15, 0.2) is 0 Å². The number of aryl methyl sites for hydroxylation is 2. The summed E-state index contributed by atoms with van der Waals surface area (Å²) in [5, 5.41) is 13.3. The van der Waals surface area contributed by atoms with Gasteiger partial charge in [-0.2, -0.15) is 0 Å². The fourth-order valence-electron chi connectivity index (χ4n) is 3.41. The minimum absolute atomic E-state index is 0.0553. The molecule has 1 heterocycles. The van der Waals surface area contributed by atoms with Crippen LogP contribution in [0.15, 0.2) is 42.5 Å². The van der Waals surface area contributed by atoms with Crippen molar-refractivity contribution < 1.29 is 14.7 Å². The van der Waals surface area contributed by atoms with Gasteiger partial charge in [-0.15, -0.1) is 0 Å². The Hall–Kier alpha value is -2.53. The van der Waals surface area contributed by atoms with Gasteiger partial charge >= 0.3 is 0 Å². The number of phenols is 1. The van der Waals surface area contributed by atoms with Crippen LogP contribution < -0.4 is 5.32 Å². The second-order valence-electron chi connectivity index (χ2n) is 7.24. The van der Waals surface area contributed by atoms with Gasteiger partial charge in [0, 0.05) is 30.5 Å². The molecule has 0 aliphatic carbocycles. The van der Waals surface area contributed by atoms with Crippen molar-refractivity contribution in [2.45, 2.75) is 32.6 Å². The monoisotopic (exact) mass is 400 g/mol. The third-order valence-corrected chi connectivity index (χ3v) is 5.65. The maximum Gasteiger partial charge on any atom is 0.227 e. The molecule has 0 spiro atoms. The summed E-state index contributed by atoms with van der Waals surface area (Å²) in [7, 11) is 0. The van der Waals surface area contributed by atoms with Gasteiger partial charge in [-0.05, 0) is 55.5 Å². The number of amides is 2. The van der Waals surface area contributed by atoms with Crippen LogP contribution in [0.2, 0.25) is 5.02 Å². The average Bonchev–Trinajstić information content (AvgIpc) is 2.70. The van der Waals surface area contributed by atoms with Crippen molar-refractivity contribution in [2.24, 2.45) is 5.92 Å². The molecule has 2 N–H and O–H groups in total. The van der Waals surface area contributed by atoms with Crippen LogP contribution in [-0.2, 0) is 16.0 Å². The number of benzene rings is 2. The Morgan fingerprint density at radius 2 is 1.89 bits per heavy atom. The third kappa shape index (κ3) is 5.04. The number of rotatable bonds is 5. The maximum absolute atomic E-state index is 12.5. The molecule has 148 valence electrons. The zero-order valence-electron chi connectivity index (χ0n) is 16.0. The number of piperidine rings is 1. The van der Waals surface area contributed by atoms with E-state index in [4.69, 9.17) is 11.6 Å². The predicted molar refractivity (Wildman–Crippen MR) is 111 cm³/mol. The predicted octanol–water partition coefficient (Wildman–Crippen LogP) is 4.16. The lowest BCUT2D eigenvalue weighted by Gasteiger charge is -2.31. The lowest BCUT2D eigenvalue weighted by molar-refractivity contribution is -0.134. The Bertz CT molecular complexity index is 861. The van der Waals surface area contributed by atoms with Crippen molar-refractivity contribution in [2.75, 3.05) is 18.4 Å². The smallest absolute Gasteiger partial charge is 0.227 e. The zero-order chi connectivity index (χ0) is 20.1. The number of halogens is 1. The summed E-state index contributed by atoms with van der Waals surface area (Å²) in [5.41, 5.74) is 2.50. The highest BCUT2D eigenvalue weighted by molar-refractivity contribution is 6.31. The van der Waals surface area contributed by atoms with Crippen molar-refractivity contribution in [3.8, 4) is 5.75 Å². The summed E-state index contributed by atoms with van der Waals surface area (Å²) in [6.45, 7) is 3.11. The number of aromatic hydroxyl groups is 1. The number of carbonyl (C=O) groups is 2. The summed E-state index contributed by atoms with van der Waals surface area (Å²) in [6, 6.07) is 12.6. The summed E-state index contributed by atoms with van der Waals surface area (Å²) < 4.78 is 0. The molecule has 1 aliphatic heterocycles. The Morgan fingerprint density at radius 3 is 2.57 bits per heavy atom. The van der Waals surface area contributed by atoms with Crippen LogP contribution >= 0.6 is 11.6 Å². The summed E-state index contributed by atoms with van der Waals surface area (Å²) in [4.78, 5) is 26.8. The Morgan fingerprint density at radius 1 is 1.18 bits per heavy atom. The standard InChI is InChI=1S/C22H25ClN2O3/c1-15-6-7-16(14-18(15)23)8-9-21(27)25-12-10-17(11-13-25)22(28)24-19-4-2-3-5-20(19)26/h2-7,14,17,26H,8-13H2,1H3,(H,24,28). The fourth-order valence-corrected chi connectivity index (χ4v) is 3.61. The van der Waals surface area contributed by atoms with Gasteiger partial charge in [-0.1, -0.05) is 35.9 Å². The molecule has 3 rings (SSSR count). The lowest BCUT2D eigenvalue weighted by Crippen LogP contribution is -2.41. The molecular formula is C22H25ClN2O3. The Balaban J connectivity index is 1.46. The summed E-state index contributed by atoms with van der Waals surface area (Å²) in [6.07, 6.45) is 2.35. The maximum atomic E-state index is 12.5. The molecule has 0 aromatic heterocycles. The average molecular weight is 401 g/mol. The van der Waals surface area contributed by atoms with Crippen LogP contribution in [0.1, 0.15) is 30.4 Å². The molecule has 2 amide bonds. The molecule has 1 fully saturated rings. The molecule has 0 atom stereocenters. The van der Waals surface area contributed by atoms with E-state index in [-0.39, 0.29) is 23.5 Å².